The van der Waals surface area contributed by atoms with Gasteiger partial charge in [-0.05, 0) is 70.6 Å². The quantitative estimate of drug-likeness (QED) is 0.0261. The Kier molecular flexibility index (Phi) is 68.1. The molecule has 0 aliphatic carbocycles. The van der Waals surface area contributed by atoms with E-state index < -0.39 is 6.10 Å². The van der Waals surface area contributed by atoms with Gasteiger partial charge in [-0.25, -0.2) is 0 Å². The lowest BCUT2D eigenvalue weighted by Crippen LogP contribution is -2.30. The number of ether oxygens (including phenoxy) is 3. The van der Waals surface area contributed by atoms with Crippen molar-refractivity contribution in [3.63, 3.8) is 0 Å². The Morgan fingerprint density at radius 1 is 0.247 bits per heavy atom. The van der Waals surface area contributed by atoms with Crippen LogP contribution in [0.4, 0.5) is 0 Å². The molecule has 1 atom stereocenters. The summed E-state index contributed by atoms with van der Waals surface area (Å²) in [6.07, 6.45) is 87.6. The van der Waals surface area contributed by atoms with Gasteiger partial charge in [0.2, 0.25) is 0 Å². The van der Waals surface area contributed by atoms with Crippen molar-refractivity contribution >= 4 is 17.9 Å². The normalized spacial score (nSPS) is 12.2. The molecular formula is C75H140O6. The molecular weight excluding hydrogens is 997 g/mol. The van der Waals surface area contributed by atoms with E-state index in [0.29, 0.717) is 19.3 Å². The molecule has 0 aliphatic heterocycles. The molecule has 6 nitrogen and oxygen atoms in total. The third-order valence-corrected chi connectivity index (χ3v) is 16.6. The van der Waals surface area contributed by atoms with Crippen LogP contribution in [0.5, 0.6) is 0 Å². The van der Waals surface area contributed by atoms with Crippen LogP contribution in [-0.2, 0) is 28.6 Å². The summed E-state index contributed by atoms with van der Waals surface area (Å²) in [5, 5.41) is 0. The summed E-state index contributed by atoms with van der Waals surface area (Å²) in [6.45, 7) is 6.66. The number of hydrogen-bond acceptors (Lipinski definition) is 6. The molecule has 0 saturated heterocycles. The van der Waals surface area contributed by atoms with E-state index in [2.05, 4.69) is 57.2 Å². The third kappa shape index (κ3) is 68.3. The summed E-state index contributed by atoms with van der Waals surface area (Å²) in [5.74, 6) is -0.855. The molecule has 1 unspecified atom stereocenters. The Balaban J connectivity index is 4.16. The van der Waals surface area contributed by atoms with Crippen molar-refractivity contribution in [1.82, 2.24) is 0 Å². The first-order valence-electron chi connectivity index (χ1n) is 36.5. The molecule has 0 aromatic carbocycles. The second-order valence-corrected chi connectivity index (χ2v) is 24.9. The van der Waals surface area contributed by atoms with Crippen LogP contribution in [0, 0.1) is 0 Å². The lowest BCUT2D eigenvalue weighted by molar-refractivity contribution is -0.167. The number of allylic oxidation sites excluding steroid dienone is 6. The fourth-order valence-corrected chi connectivity index (χ4v) is 11.1. The molecule has 0 N–H and O–H groups in total. The average molecular weight is 1140 g/mol. The van der Waals surface area contributed by atoms with E-state index in [1.165, 1.54) is 289 Å². The summed E-state index contributed by atoms with van der Waals surface area (Å²) in [7, 11) is 0. The molecule has 0 heterocycles. The second-order valence-electron chi connectivity index (χ2n) is 24.9. The summed E-state index contributed by atoms with van der Waals surface area (Å²) in [5.41, 5.74) is 0. The Hall–Kier alpha value is -2.37. The van der Waals surface area contributed by atoms with Crippen LogP contribution < -0.4 is 0 Å². The van der Waals surface area contributed by atoms with Gasteiger partial charge < -0.3 is 14.2 Å². The van der Waals surface area contributed by atoms with E-state index in [4.69, 9.17) is 14.2 Å². The van der Waals surface area contributed by atoms with Gasteiger partial charge in [0, 0.05) is 19.3 Å². The smallest absolute Gasteiger partial charge is 0.306 e. The fourth-order valence-electron chi connectivity index (χ4n) is 11.1. The zero-order valence-electron chi connectivity index (χ0n) is 54.8. The van der Waals surface area contributed by atoms with E-state index in [-0.39, 0.29) is 31.1 Å². The molecule has 0 amide bonds. The summed E-state index contributed by atoms with van der Waals surface area (Å²) < 4.78 is 17.0. The average Bonchev–Trinajstić information content (AvgIpc) is 3.47. The number of hydrogen-bond donors (Lipinski definition) is 0. The van der Waals surface area contributed by atoms with Crippen molar-refractivity contribution in [2.45, 2.75) is 412 Å². The van der Waals surface area contributed by atoms with Crippen LogP contribution in [0.3, 0.4) is 0 Å². The van der Waals surface area contributed by atoms with Crippen LogP contribution in [0.15, 0.2) is 36.5 Å². The number of carbonyl (C=O) groups excluding carboxylic acids is 3. The standard InChI is InChI=1S/C75H140O6/c1-4-7-10-13-16-19-22-25-28-30-32-33-34-35-36-37-38-39-40-41-42-43-44-46-47-50-53-56-59-62-65-68-74(77)80-71-72(70-79-73(76)67-64-61-58-55-52-49-27-24-21-18-15-12-9-6-3)81-75(78)69-66-63-60-57-54-51-48-45-31-29-26-23-20-17-14-11-8-5-2/h15,18,24,27,30,32,72H,4-14,16-17,19-23,25-26,28-29,31,33-71H2,1-3H3/b18-15-,27-24-,32-30-. The van der Waals surface area contributed by atoms with Gasteiger partial charge in [-0.3, -0.25) is 14.4 Å². The molecule has 0 spiro atoms. The summed E-state index contributed by atoms with van der Waals surface area (Å²) in [4.78, 5) is 38.4. The minimum atomic E-state index is -0.775. The van der Waals surface area contributed by atoms with E-state index in [9.17, 15) is 14.4 Å². The maximum Gasteiger partial charge on any atom is 0.306 e. The Labute approximate surface area is 506 Å². The second kappa shape index (κ2) is 70.1. The molecule has 0 rings (SSSR count). The van der Waals surface area contributed by atoms with E-state index in [0.717, 1.165) is 77.0 Å². The predicted octanol–water partition coefficient (Wildman–Crippen LogP) is 25.1. The highest BCUT2D eigenvalue weighted by molar-refractivity contribution is 5.71. The Bertz CT molecular complexity index is 1350. The SMILES string of the molecule is CCCC/C=C\C/C=C\CCCCCCCC(=O)OCC(COC(=O)CCCCCCCCCCCCCCCCCCCCC/C=C\CCCCCCCCCC)OC(=O)CCCCCCCCCCCCCCCCCCCC. The van der Waals surface area contributed by atoms with Crippen LogP contribution in [0.1, 0.15) is 406 Å². The zero-order chi connectivity index (χ0) is 58.5. The number of unbranched alkanes of at least 4 members (excludes halogenated alkanes) is 51. The van der Waals surface area contributed by atoms with E-state index >= 15 is 0 Å². The van der Waals surface area contributed by atoms with Crippen LogP contribution >= 0.6 is 0 Å². The van der Waals surface area contributed by atoms with E-state index in [1.807, 2.05) is 0 Å². The monoisotopic (exact) mass is 1140 g/mol. The van der Waals surface area contributed by atoms with Gasteiger partial charge in [0.15, 0.2) is 6.10 Å². The Morgan fingerprint density at radius 3 is 0.728 bits per heavy atom. The highest BCUT2D eigenvalue weighted by Crippen LogP contribution is 2.19. The van der Waals surface area contributed by atoms with Crippen molar-refractivity contribution in [3.05, 3.63) is 36.5 Å². The first kappa shape index (κ1) is 78.6. The first-order chi connectivity index (χ1) is 40.0. The molecule has 0 aromatic rings. The topological polar surface area (TPSA) is 78.9 Å². The van der Waals surface area contributed by atoms with Gasteiger partial charge >= 0.3 is 17.9 Å². The molecule has 81 heavy (non-hydrogen) atoms. The highest BCUT2D eigenvalue weighted by atomic mass is 16.6. The van der Waals surface area contributed by atoms with Crippen LogP contribution in [-0.4, -0.2) is 37.2 Å². The van der Waals surface area contributed by atoms with Crippen LogP contribution in [0.25, 0.3) is 0 Å². The molecule has 6 heteroatoms. The number of rotatable bonds is 68. The lowest BCUT2D eigenvalue weighted by atomic mass is 10.0. The molecule has 0 saturated carbocycles. The van der Waals surface area contributed by atoms with Gasteiger partial charge in [0.1, 0.15) is 13.2 Å². The van der Waals surface area contributed by atoms with Gasteiger partial charge in [0.05, 0.1) is 0 Å². The molecule has 0 radical (unpaired) electrons. The van der Waals surface area contributed by atoms with Crippen molar-refractivity contribution in [3.8, 4) is 0 Å². The van der Waals surface area contributed by atoms with Crippen molar-refractivity contribution in [1.29, 1.82) is 0 Å². The van der Waals surface area contributed by atoms with Crippen molar-refractivity contribution in [2.24, 2.45) is 0 Å². The molecule has 0 aliphatic rings. The van der Waals surface area contributed by atoms with Crippen molar-refractivity contribution in [2.75, 3.05) is 13.2 Å². The third-order valence-electron chi connectivity index (χ3n) is 16.6. The maximum atomic E-state index is 12.9. The number of esters is 3. The zero-order valence-corrected chi connectivity index (χ0v) is 54.8. The fraction of sp³-hybridized carbons (Fsp3) is 0.880. The minimum absolute atomic E-state index is 0.0708. The van der Waals surface area contributed by atoms with Gasteiger partial charge in [-0.1, -0.05) is 353 Å². The van der Waals surface area contributed by atoms with Gasteiger partial charge in [-0.15, -0.1) is 0 Å². The van der Waals surface area contributed by atoms with Crippen molar-refractivity contribution < 1.29 is 28.6 Å². The Morgan fingerprint density at radius 2 is 0.457 bits per heavy atom. The highest BCUT2D eigenvalue weighted by Gasteiger charge is 2.19. The predicted molar refractivity (Wildman–Crippen MR) is 353 cm³/mol. The molecule has 0 bridgehead atoms. The number of carbonyl (C=O) groups is 3. The molecule has 476 valence electrons. The largest absolute Gasteiger partial charge is 0.462 e. The lowest BCUT2D eigenvalue weighted by Gasteiger charge is -2.18. The maximum absolute atomic E-state index is 12.9. The molecule has 0 fully saturated rings. The summed E-state index contributed by atoms with van der Waals surface area (Å²) >= 11 is 0. The van der Waals surface area contributed by atoms with E-state index in [1.54, 1.807) is 0 Å². The first-order valence-corrected chi connectivity index (χ1v) is 36.5. The summed E-state index contributed by atoms with van der Waals surface area (Å²) in [6, 6.07) is 0. The molecule has 0 aromatic heterocycles. The van der Waals surface area contributed by atoms with Gasteiger partial charge in [0.25, 0.3) is 0 Å². The van der Waals surface area contributed by atoms with Crippen LogP contribution in [0.2, 0.25) is 0 Å². The minimum Gasteiger partial charge on any atom is -0.462 e. The van der Waals surface area contributed by atoms with Gasteiger partial charge in [-0.2, -0.15) is 0 Å².